The summed E-state index contributed by atoms with van der Waals surface area (Å²) in [6.45, 7) is 3.51. The van der Waals surface area contributed by atoms with Crippen LogP contribution in [-0.2, 0) is 10.0 Å². The van der Waals surface area contributed by atoms with Crippen LogP contribution in [0.5, 0.6) is 0 Å². The van der Waals surface area contributed by atoms with E-state index in [1.54, 1.807) is 0 Å². The van der Waals surface area contributed by atoms with E-state index in [-0.39, 0.29) is 40.4 Å². The molecule has 7 nitrogen and oxygen atoms in total. The molecule has 2 unspecified atom stereocenters. The summed E-state index contributed by atoms with van der Waals surface area (Å²) in [5, 5.41) is 3.22. The van der Waals surface area contributed by atoms with Crippen molar-refractivity contribution in [2.75, 3.05) is 20.1 Å². The second-order valence-corrected chi connectivity index (χ2v) is 7.79. The van der Waals surface area contributed by atoms with E-state index in [1.165, 1.54) is 25.2 Å². The lowest BCUT2D eigenvalue weighted by Gasteiger charge is -2.29. The highest BCUT2D eigenvalue weighted by Crippen LogP contribution is 2.25. The number of nitrogens with zero attached hydrogens (tertiary/aromatic N) is 1. The molecule has 3 rings (SSSR count). The molecule has 2 amide bonds. The summed E-state index contributed by atoms with van der Waals surface area (Å²) in [6.07, 6.45) is 0.714. The molecule has 2 aliphatic heterocycles. The highest BCUT2D eigenvalue weighted by molar-refractivity contribution is 7.89. The van der Waals surface area contributed by atoms with E-state index < -0.39 is 21.8 Å². The third kappa shape index (κ3) is 3.19. The maximum absolute atomic E-state index is 12.6. The zero-order valence-electron chi connectivity index (χ0n) is 13.4. The Labute approximate surface area is 147 Å². The van der Waals surface area contributed by atoms with Gasteiger partial charge in [0.25, 0.3) is 11.8 Å². The molecular formula is C15H20ClN3O4S. The number of nitrogens with one attached hydrogen (secondary N) is 2. The molecular weight excluding hydrogens is 354 g/mol. The first-order valence-corrected chi connectivity index (χ1v) is 8.99. The van der Waals surface area contributed by atoms with Crippen LogP contribution in [-0.4, -0.2) is 51.3 Å². The summed E-state index contributed by atoms with van der Waals surface area (Å²) in [4.78, 5) is 24.9. The minimum Gasteiger partial charge on any atom is -0.316 e. The van der Waals surface area contributed by atoms with Crippen molar-refractivity contribution in [3.63, 3.8) is 0 Å². The summed E-state index contributed by atoms with van der Waals surface area (Å²) in [5.41, 5.74) is 0.380. The second-order valence-electron chi connectivity index (χ2n) is 6.07. The summed E-state index contributed by atoms with van der Waals surface area (Å²) < 4.78 is 27.9. The van der Waals surface area contributed by atoms with Crippen molar-refractivity contribution in [1.82, 2.24) is 14.9 Å². The Morgan fingerprint density at radius 3 is 2.54 bits per heavy atom. The number of imide groups is 1. The fourth-order valence-electron chi connectivity index (χ4n) is 2.96. The topological polar surface area (TPSA) is 95.6 Å². The number of halogens is 1. The molecule has 0 bridgehead atoms. The minimum atomic E-state index is -3.73. The number of carbonyl (C=O) groups is 2. The molecule has 2 aliphatic rings. The number of sulfonamides is 1. The van der Waals surface area contributed by atoms with Gasteiger partial charge in [-0.3, -0.25) is 14.5 Å². The lowest BCUT2D eigenvalue weighted by atomic mass is 9.97. The van der Waals surface area contributed by atoms with Crippen LogP contribution in [0.15, 0.2) is 23.1 Å². The van der Waals surface area contributed by atoms with E-state index in [2.05, 4.69) is 10.0 Å². The molecule has 1 fully saturated rings. The Bertz CT molecular complexity index is 781. The lowest BCUT2D eigenvalue weighted by molar-refractivity contribution is 0.0693. The average molecular weight is 374 g/mol. The predicted molar refractivity (Wildman–Crippen MR) is 90.9 cm³/mol. The largest absolute Gasteiger partial charge is 0.316 e. The van der Waals surface area contributed by atoms with Crippen molar-refractivity contribution in [3.05, 3.63) is 29.3 Å². The highest BCUT2D eigenvalue weighted by Gasteiger charge is 2.34. The SMILES string of the molecule is CC1CNCCC1NS(=O)(=O)c1ccc2c(c1)C(=O)N(C)C2=O.Cl. The molecule has 0 radical (unpaired) electrons. The molecule has 24 heavy (non-hydrogen) atoms. The van der Waals surface area contributed by atoms with Gasteiger partial charge in [0.2, 0.25) is 10.0 Å². The Hall–Kier alpha value is -1.48. The average Bonchev–Trinajstić information content (AvgIpc) is 2.74. The van der Waals surface area contributed by atoms with E-state index >= 15 is 0 Å². The van der Waals surface area contributed by atoms with E-state index in [1.807, 2.05) is 6.92 Å². The number of amides is 2. The van der Waals surface area contributed by atoms with Gasteiger partial charge >= 0.3 is 0 Å². The number of fused-ring (bicyclic) bond motifs is 1. The molecule has 2 atom stereocenters. The first-order chi connectivity index (χ1) is 10.8. The van der Waals surface area contributed by atoms with E-state index in [9.17, 15) is 18.0 Å². The van der Waals surface area contributed by atoms with E-state index in [0.717, 1.165) is 18.0 Å². The van der Waals surface area contributed by atoms with Crippen LogP contribution in [0.25, 0.3) is 0 Å². The molecule has 0 aliphatic carbocycles. The van der Waals surface area contributed by atoms with Crippen molar-refractivity contribution in [2.24, 2.45) is 5.92 Å². The third-order valence-electron chi connectivity index (χ3n) is 4.46. The van der Waals surface area contributed by atoms with Crippen LogP contribution < -0.4 is 10.0 Å². The van der Waals surface area contributed by atoms with Gasteiger partial charge in [-0.2, -0.15) is 0 Å². The fraction of sp³-hybridized carbons (Fsp3) is 0.467. The van der Waals surface area contributed by atoms with Crippen molar-refractivity contribution < 1.29 is 18.0 Å². The zero-order valence-corrected chi connectivity index (χ0v) is 15.0. The normalized spacial score (nSPS) is 23.8. The summed E-state index contributed by atoms with van der Waals surface area (Å²) in [7, 11) is -2.35. The fourth-order valence-corrected chi connectivity index (χ4v) is 4.37. The van der Waals surface area contributed by atoms with Crippen LogP contribution in [0, 0.1) is 5.92 Å². The van der Waals surface area contributed by atoms with Crippen molar-refractivity contribution in [2.45, 2.75) is 24.3 Å². The first-order valence-electron chi connectivity index (χ1n) is 7.51. The maximum Gasteiger partial charge on any atom is 0.261 e. The summed E-state index contributed by atoms with van der Waals surface area (Å²) >= 11 is 0. The molecule has 0 aromatic heterocycles. The Kier molecular flexibility index (Phi) is 5.34. The van der Waals surface area contributed by atoms with Gasteiger partial charge in [-0.15, -0.1) is 12.4 Å². The van der Waals surface area contributed by atoms with Gasteiger partial charge in [0.1, 0.15) is 0 Å². The molecule has 2 N–H and O–H groups in total. The maximum atomic E-state index is 12.6. The standard InChI is InChI=1S/C15H19N3O4S.ClH/c1-9-8-16-6-5-13(9)17-23(21,22)10-3-4-11-12(7-10)15(20)18(2)14(11)19;/h3-4,7,9,13,16-17H,5-6,8H2,1-2H3;1H. The molecule has 0 saturated carbocycles. The number of piperidine rings is 1. The lowest BCUT2D eigenvalue weighted by Crippen LogP contribution is -2.48. The van der Waals surface area contributed by atoms with Gasteiger partial charge in [-0.1, -0.05) is 6.92 Å². The molecule has 132 valence electrons. The molecule has 2 heterocycles. The number of carbonyl (C=O) groups excluding carboxylic acids is 2. The Morgan fingerprint density at radius 2 is 1.88 bits per heavy atom. The van der Waals surface area contributed by atoms with Crippen molar-refractivity contribution in [3.8, 4) is 0 Å². The third-order valence-corrected chi connectivity index (χ3v) is 5.95. The number of benzene rings is 1. The quantitative estimate of drug-likeness (QED) is 0.757. The molecule has 1 saturated heterocycles. The second kappa shape index (κ2) is 6.79. The van der Waals surface area contributed by atoms with Crippen LogP contribution in [0.3, 0.4) is 0 Å². The van der Waals surface area contributed by atoms with E-state index in [4.69, 9.17) is 0 Å². The molecule has 9 heteroatoms. The monoisotopic (exact) mass is 373 g/mol. The van der Waals surface area contributed by atoms with Gasteiger partial charge in [-0.25, -0.2) is 13.1 Å². The van der Waals surface area contributed by atoms with E-state index in [0.29, 0.717) is 6.42 Å². The van der Waals surface area contributed by atoms with Gasteiger partial charge in [0.05, 0.1) is 16.0 Å². The van der Waals surface area contributed by atoms with Crippen molar-refractivity contribution >= 4 is 34.2 Å². The van der Waals surface area contributed by atoms with Gasteiger partial charge < -0.3 is 5.32 Å². The Morgan fingerprint density at radius 1 is 1.21 bits per heavy atom. The summed E-state index contributed by atoms with van der Waals surface area (Å²) in [6, 6.07) is 3.92. The number of hydrogen-bond acceptors (Lipinski definition) is 5. The number of rotatable bonds is 3. The van der Waals surface area contributed by atoms with Crippen molar-refractivity contribution in [1.29, 1.82) is 0 Å². The molecule has 1 aromatic carbocycles. The van der Waals surface area contributed by atoms with Gasteiger partial charge in [-0.05, 0) is 43.6 Å². The molecule has 0 spiro atoms. The minimum absolute atomic E-state index is 0. The molecule has 1 aromatic rings. The Balaban J connectivity index is 0.00000208. The zero-order chi connectivity index (χ0) is 16.8. The summed E-state index contributed by atoms with van der Waals surface area (Å²) in [5.74, 6) is -0.700. The van der Waals surface area contributed by atoms with Gasteiger partial charge in [0.15, 0.2) is 0 Å². The predicted octanol–water partition coefficient (Wildman–Crippen LogP) is 0.610. The van der Waals surface area contributed by atoms with Crippen LogP contribution in [0.1, 0.15) is 34.1 Å². The van der Waals surface area contributed by atoms with Crippen LogP contribution in [0.4, 0.5) is 0 Å². The highest BCUT2D eigenvalue weighted by atomic mass is 35.5. The number of hydrogen-bond donors (Lipinski definition) is 2. The van der Waals surface area contributed by atoms with Gasteiger partial charge in [0, 0.05) is 13.1 Å². The first kappa shape index (κ1) is 18.9. The smallest absolute Gasteiger partial charge is 0.261 e. The van der Waals surface area contributed by atoms with Crippen LogP contribution >= 0.6 is 12.4 Å². The van der Waals surface area contributed by atoms with Crippen LogP contribution in [0.2, 0.25) is 0 Å².